The molecular weight excluding hydrogens is 528 g/mol. The lowest BCUT2D eigenvalue weighted by molar-refractivity contribution is -0.137. The predicted octanol–water partition coefficient (Wildman–Crippen LogP) is 6.33. The summed E-state index contributed by atoms with van der Waals surface area (Å²) < 4.78 is 61.1. The lowest BCUT2D eigenvalue weighted by atomic mass is 9.99. The van der Waals surface area contributed by atoms with Crippen LogP contribution in [0.15, 0.2) is 54.7 Å². The van der Waals surface area contributed by atoms with Crippen molar-refractivity contribution in [1.29, 1.82) is 0 Å². The molecule has 1 saturated heterocycles. The van der Waals surface area contributed by atoms with Crippen LogP contribution in [0.4, 0.5) is 35.0 Å². The second-order valence-corrected chi connectivity index (χ2v) is 9.95. The smallest absolute Gasteiger partial charge is 0.416 e. The molecule has 0 spiro atoms. The summed E-state index contributed by atoms with van der Waals surface area (Å²) in [5, 5.41) is 5.46. The van der Waals surface area contributed by atoms with Gasteiger partial charge >= 0.3 is 6.18 Å². The molecule has 2 N–H and O–H groups in total. The Labute approximate surface area is 228 Å². The van der Waals surface area contributed by atoms with E-state index in [9.17, 15) is 22.4 Å². The number of rotatable bonds is 7. The van der Waals surface area contributed by atoms with Gasteiger partial charge in [-0.2, -0.15) is 13.2 Å². The van der Waals surface area contributed by atoms with Crippen molar-refractivity contribution in [2.24, 2.45) is 13.0 Å². The van der Waals surface area contributed by atoms with Crippen LogP contribution in [0.2, 0.25) is 0 Å². The normalized spacial score (nSPS) is 14.8. The van der Waals surface area contributed by atoms with Crippen molar-refractivity contribution in [3.05, 3.63) is 66.1 Å². The molecule has 12 heteroatoms. The van der Waals surface area contributed by atoms with Crippen molar-refractivity contribution in [2.45, 2.75) is 25.9 Å². The Morgan fingerprint density at radius 2 is 1.82 bits per heavy atom. The Balaban J connectivity index is 1.28. The lowest BCUT2D eigenvalue weighted by Crippen LogP contribution is -2.38. The molecule has 0 saturated carbocycles. The van der Waals surface area contributed by atoms with Crippen LogP contribution < -0.4 is 15.4 Å². The van der Waals surface area contributed by atoms with Crippen molar-refractivity contribution in [3.63, 3.8) is 0 Å². The second-order valence-electron chi connectivity index (χ2n) is 9.95. The molecular formula is C28H28F4N6O2. The molecule has 210 valence electrons. The Morgan fingerprint density at radius 1 is 1.07 bits per heavy atom. The van der Waals surface area contributed by atoms with Crippen LogP contribution in [0.5, 0.6) is 11.5 Å². The Morgan fingerprint density at radius 3 is 2.58 bits per heavy atom. The van der Waals surface area contributed by atoms with Crippen LogP contribution in [-0.4, -0.2) is 45.0 Å². The number of alkyl halides is 3. The van der Waals surface area contributed by atoms with Crippen molar-refractivity contribution in [3.8, 4) is 11.5 Å². The van der Waals surface area contributed by atoms with Crippen molar-refractivity contribution < 1.29 is 27.1 Å². The summed E-state index contributed by atoms with van der Waals surface area (Å²) in [6.45, 7) is 4.31. The molecule has 0 radical (unpaired) electrons. The number of amides is 1. The fourth-order valence-electron chi connectivity index (χ4n) is 4.56. The maximum absolute atomic E-state index is 14.3. The van der Waals surface area contributed by atoms with Gasteiger partial charge in [-0.05, 0) is 68.2 Å². The number of likely N-dealkylation sites (tertiary alicyclic amines) is 1. The first-order valence-electron chi connectivity index (χ1n) is 12.8. The number of carbonyl (C=O) groups excluding carboxylic acids is 1. The maximum Gasteiger partial charge on any atom is 0.416 e. The summed E-state index contributed by atoms with van der Waals surface area (Å²) in [4.78, 5) is 23.2. The number of nitrogens with one attached hydrogen (secondary N) is 2. The third-order valence-corrected chi connectivity index (χ3v) is 6.87. The fourth-order valence-corrected chi connectivity index (χ4v) is 4.56. The SMILES string of the molecule is CC1CCN(CC(=O)Nc2cc(Oc3ccc4c(c3)nc(Nc3cc(C(F)(F)F)ccc3F)n4C)ccn2)CC1. The van der Waals surface area contributed by atoms with Gasteiger partial charge in [-0.15, -0.1) is 0 Å². The van der Waals surface area contributed by atoms with Gasteiger partial charge in [0.25, 0.3) is 0 Å². The van der Waals surface area contributed by atoms with Crippen molar-refractivity contribution in [1.82, 2.24) is 19.4 Å². The molecule has 3 heterocycles. The van der Waals surface area contributed by atoms with Gasteiger partial charge in [-0.1, -0.05) is 6.92 Å². The standard InChI is InChI=1S/C28H28F4N6O2/c1-17-8-11-38(12-9-17)16-26(39)36-25-15-20(7-10-33-25)40-19-4-6-24-23(14-19)35-27(37(24)2)34-22-13-18(28(30,31)32)3-5-21(22)29/h3-7,10,13-15,17H,8-9,11-12,16H2,1-2H3,(H,34,35)(H,33,36,39). The average Bonchev–Trinajstić information content (AvgIpc) is 3.20. The lowest BCUT2D eigenvalue weighted by Gasteiger charge is -2.29. The zero-order valence-electron chi connectivity index (χ0n) is 21.9. The number of aromatic nitrogens is 3. The quantitative estimate of drug-likeness (QED) is 0.259. The van der Waals surface area contributed by atoms with E-state index >= 15 is 0 Å². The van der Waals surface area contributed by atoms with E-state index in [4.69, 9.17) is 4.74 Å². The van der Waals surface area contributed by atoms with E-state index in [0.717, 1.165) is 32.0 Å². The number of piperidine rings is 1. The molecule has 1 fully saturated rings. The first-order valence-corrected chi connectivity index (χ1v) is 12.8. The average molecular weight is 557 g/mol. The Hall–Kier alpha value is -4.19. The fraction of sp³-hybridized carbons (Fsp3) is 0.321. The number of fused-ring (bicyclic) bond motifs is 1. The minimum atomic E-state index is -4.61. The largest absolute Gasteiger partial charge is 0.457 e. The highest BCUT2D eigenvalue weighted by atomic mass is 19.4. The maximum atomic E-state index is 14.3. The highest BCUT2D eigenvalue weighted by Crippen LogP contribution is 2.34. The number of carbonyl (C=O) groups is 1. The summed E-state index contributed by atoms with van der Waals surface area (Å²) in [6.07, 6.45) is -0.923. The van der Waals surface area contributed by atoms with Gasteiger partial charge in [0.05, 0.1) is 28.8 Å². The van der Waals surface area contributed by atoms with E-state index in [1.807, 2.05) is 0 Å². The number of nitrogens with zero attached hydrogens (tertiary/aromatic N) is 4. The number of pyridine rings is 1. The van der Waals surface area contributed by atoms with Crippen LogP contribution in [0.3, 0.4) is 0 Å². The molecule has 5 rings (SSSR count). The van der Waals surface area contributed by atoms with Gasteiger partial charge in [0, 0.05) is 25.4 Å². The highest BCUT2D eigenvalue weighted by molar-refractivity contribution is 5.91. The van der Waals surface area contributed by atoms with Crippen molar-refractivity contribution >= 4 is 34.4 Å². The summed E-state index contributed by atoms with van der Waals surface area (Å²) in [5.41, 5.74) is -0.184. The van der Waals surface area contributed by atoms with E-state index in [0.29, 0.717) is 52.9 Å². The monoisotopic (exact) mass is 556 g/mol. The highest BCUT2D eigenvalue weighted by Gasteiger charge is 2.31. The van der Waals surface area contributed by atoms with E-state index in [1.165, 1.54) is 6.20 Å². The van der Waals surface area contributed by atoms with Gasteiger partial charge in [-0.25, -0.2) is 14.4 Å². The molecule has 40 heavy (non-hydrogen) atoms. The molecule has 1 amide bonds. The van der Waals surface area contributed by atoms with Gasteiger partial charge in [0.15, 0.2) is 0 Å². The number of aryl methyl sites for hydroxylation is 1. The van der Waals surface area contributed by atoms with Crippen molar-refractivity contribution in [2.75, 3.05) is 30.3 Å². The first-order chi connectivity index (χ1) is 19.0. The third kappa shape index (κ3) is 6.33. The minimum absolute atomic E-state index is 0.147. The van der Waals surface area contributed by atoms with Crippen LogP contribution in [0.1, 0.15) is 25.3 Å². The van der Waals surface area contributed by atoms with E-state index in [1.54, 1.807) is 41.9 Å². The van der Waals surface area contributed by atoms with E-state index < -0.39 is 17.6 Å². The predicted molar refractivity (Wildman–Crippen MR) is 143 cm³/mol. The summed E-state index contributed by atoms with van der Waals surface area (Å²) in [7, 11) is 1.66. The zero-order chi connectivity index (χ0) is 28.4. The third-order valence-electron chi connectivity index (χ3n) is 6.87. The van der Waals surface area contributed by atoms with E-state index in [-0.39, 0.29) is 17.5 Å². The number of halogens is 4. The molecule has 2 aromatic carbocycles. The van der Waals surface area contributed by atoms with Gasteiger partial charge in [0.1, 0.15) is 23.1 Å². The van der Waals surface area contributed by atoms with Gasteiger partial charge < -0.3 is 19.9 Å². The molecule has 0 unspecified atom stereocenters. The summed E-state index contributed by atoms with van der Waals surface area (Å²) in [5.74, 6) is 1.09. The molecule has 1 aliphatic heterocycles. The molecule has 2 aromatic heterocycles. The van der Waals surface area contributed by atoms with Crippen LogP contribution in [0.25, 0.3) is 11.0 Å². The number of hydrogen-bond donors (Lipinski definition) is 2. The molecule has 4 aromatic rings. The molecule has 0 bridgehead atoms. The number of benzene rings is 2. The number of anilines is 3. The molecule has 8 nitrogen and oxygen atoms in total. The Kier molecular flexibility index (Phi) is 7.61. The number of ether oxygens (including phenoxy) is 1. The van der Waals surface area contributed by atoms with Crippen LogP contribution in [-0.2, 0) is 18.0 Å². The first kappa shape index (κ1) is 27.4. The van der Waals surface area contributed by atoms with Crippen LogP contribution >= 0.6 is 0 Å². The van der Waals surface area contributed by atoms with Crippen LogP contribution in [0, 0.1) is 11.7 Å². The molecule has 1 aliphatic rings. The van der Waals surface area contributed by atoms with Gasteiger partial charge in [0.2, 0.25) is 11.9 Å². The summed E-state index contributed by atoms with van der Waals surface area (Å²) >= 11 is 0. The summed E-state index contributed by atoms with van der Waals surface area (Å²) in [6, 6.07) is 10.5. The number of imidazole rings is 1. The van der Waals surface area contributed by atoms with Gasteiger partial charge in [-0.3, -0.25) is 9.69 Å². The zero-order valence-corrected chi connectivity index (χ0v) is 21.9. The molecule has 0 atom stereocenters. The number of hydrogen-bond acceptors (Lipinski definition) is 6. The van der Waals surface area contributed by atoms with E-state index in [2.05, 4.69) is 32.4 Å². The minimum Gasteiger partial charge on any atom is -0.457 e. The topological polar surface area (TPSA) is 84.3 Å². The second kappa shape index (κ2) is 11.1. The molecule has 0 aliphatic carbocycles. The Bertz CT molecular complexity index is 1530.